The summed E-state index contributed by atoms with van der Waals surface area (Å²) in [6.07, 6.45) is 0.102. The van der Waals surface area contributed by atoms with E-state index in [1.165, 1.54) is 30.7 Å². The van der Waals surface area contributed by atoms with E-state index in [2.05, 4.69) is 25.5 Å². The maximum atomic E-state index is 13.5. The van der Waals surface area contributed by atoms with E-state index in [9.17, 15) is 22.4 Å². The smallest absolute Gasteiger partial charge is 0.319 e. The fraction of sp³-hybridized carbons (Fsp3) is 0.0952. The maximum Gasteiger partial charge on any atom is 0.420 e. The van der Waals surface area contributed by atoms with Gasteiger partial charge in [0.25, 0.3) is 5.91 Å². The normalized spacial score (nSPS) is 11.5. The highest BCUT2D eigenvalue weighted by molar-refractivity contribution is 6.33. The van der Waals surface area contributed by atoms with Crippen molar-refractivity contribution in [1.29, 1.82) is 0 Å². The standard InChI is InChI=1S/C21H13ClF4N6O/c1-11-6-12(15-3-2-13(23)7-17(15)22)9-27-18(11)20(33)31-14-8-16(21(24,25)26)19(28-10-14)32-29-4-5-30-32/h2-10H,1H3,(H,31,33). The number of aryl methyl sites for hydroxylation is 1. The molecule has 7 nitrogen and oxygen atoms in total. The molecular weight excluding hydrogens is 464 g/mol. The van der Waals surface area contributed by atoms with Crippen molar-refractivity contribution in [3.63, 3.8) is 0 Å². The molecule has 0 radical (unpaired) electrons. The molecule has 0 spiro atoms. The first-order valence-electron chi connectivity index (χ1n) is 9.31. The number of nitrogens with one attached hydrogen (secondary N) is 1. The van der Waals surface area contributed by atoms with Crippen LogP contribution in [0.5, 0.6) is 0 Å². The third-order valence-electron chi connectivity index (χ3n) is 4.57. The lowest BCUT2D eigenvalue weighted by Gasteiger charge is -2.14. The number of amides is 1. The summed E-state index contributed by atoms with van der Waals surface area (Å²) in [7, 11) is 0. The lowest BCUT2D eigenvalue weighted by Crippen LogP contribution is -2.18. The van der Waals surface area contributed by atoms with Crippen LogP contribution in [0.25, 0.3) is 16.9 Å². The number of aromatic nitrogens is 5. The minimum absolute atomic E-state index is 0.0108. The highest BCUT2D eigenvalue weighted by Gasteiger charge is 2.36. The first-order valence-corrected chi connectivity index (χ1v) is 9.68. The molecule has 3 heterocycles. The van der Waals surface area contributed by atoms with Gasteiger partial charge in [0, 0.05) is 17.3 Å². The second-order valence-electron chi connectivity index (χ2n) is 6.88. The van der Waals surface area contributed by atoms with Crippen molar-refractivity contribution in [3.05, 3.63) is 82.8 Å². The van der Waals surface area contributed by atoms with Gasteiger partial charge in [0.2, 0.25) is 0 Å². The number of carbonyl (C=O) groups is 1. The number of benzene rings is 1. The largest absolute Gasteiger partial charge is 0.420 e. The second kappa shape index (κ2) is 8.58. The fourth-order valence-corrected chi connectivity index (χ4v) is 3.37. The van der Waals surface area contributed by atoms with Gasteiger partial charge in [-0.05, 0) is 42.8 Å². The molecule has 0 aliphatic carbocycles. The Morgan fingerprint density at radius 3 is 2.42 bits per heavy atom. The third-order valence-corrected chi connectivity index (χ3v) is 4.89. The Hall–Kier alpha value is -3.86. The van der Waals surface area contributed by atoms with E-state index in [4.69, 9.17) is 11.6 Å². The van der Waals surface area contributed by atoms with Crippen LogP contribution in [-0.4, -0.2) is 30.9 Å². The van der Waals surface area contributed by atoms with Crippen molar-refractivity contribution >= 4 is 23.2 Å². The number of halogens is 5. The Labute approximate surface area is 189 Å². The summed E-state index contributed by atoms with van der Waals surface area (Å²) < 4.78 is 53.9. The Bertz CT molecular complexity index is 1340. The van der Waals surface area contributed by atoms with Crippen molar-refractivity contribution < 1.29 is 22.4 Å². The Kier molecular flexibility index (Phi) is 5.81. The van der Waals surface area contributed by atoms with Crippen molar-refractivity contribution in [3.8, 4) is 16.9 Å². The van der Waals surface area contributed by atoms with Crippen LogP contribution in [0.3, 0.4) is 0 Å². The van der Waals surface area contributed by atoms with Crippen molar-refractivity contribution in [2.24, 2.45) is 0 Å². The quantitative estimate of drug-likeness (QED) is 0.414. The van der Waals surface area contributed by atoms with E-state index in [-0.39, 0.29) is 16.4 Å². The summed E-state index contributed by atoms with van der Waals surface area (Å²) in [4.78, 5) is 21.3. The van der Waals surface area contributed by atoms with E-state index in [1.807, 2.05) is 0 Å². The number of rotatable bonds is 4. The zero-order chi connectivity index (χ0) is 23.8. The van der Waals surface area contributed by atoms with Gasteiger partial charge in [-0.2, -0.15) is 23.4 Å². The number of hydrogen-bond donors (Lipinski definition) is 1. The summed E-state index contributed by atoms with van der Waals surface area (Å²) >= 11 is 6.07. The molecule has 0 unspecified atom stereocenters. The highest BCUT2D eigenvalue weighted by atomic mass is 35.5. The molecule has 0 fully saturated rings. The van der Waals surface area contributed by atoms with Crippen molar-refractivity contribution in [2.45, 2.75) is 13.1 Å². The van der Waals surface area contributed by atoms with Crippen LogP contribution in [0.1, 0.15) is 21.6 Å². The molecule has 33 heavy (non-hydrogen) atoms. The minimum Gasteiger partial charge on any atom is -0.319 e. The molecule has 1 aromatic carbocycles. The molecule has 0 aliphatic rings. The molecule has 0 saturated carbocycles. The molecule has 4 aromatic rings. The van der Waals surface area contributed by atoms with E-state index in [0.29, 0.717) is 16.7 Å². The molecule has 0 aliphatic heterocycles. The van der Waals surface area contributed by atoms with E-state index in [0.717, 1.165) is 23.1 Å². The van der Waals surface area contributed by atoms with E-state index in [1.54, 1.807) is 13.0 Å². The summed E-state index contributed by atoms with van der Waals surface area (Å²) in [5.74, 6) is -1.75. The van der Waals surface area contributed by atoms with Gasteiger partial charge in [-0.25, -0.2) is 9.37 Å². The molecule has 0 saturated heterocycles. The number of nitrogens with zero attached hydrogens (tertiary/aromatic N) is 5. The van der Waals surface area contributed by atoms with Gasteiger partial charge in [-0.3, -0.25) is 9.78 Å². The van der Waals surface area contributed by atoms with Gasteiger partial charge >= 0.3 is 6.18 Å². The lowest BCUT2D eigenvalue weighted by molar-refractivity contribution is -0.137. The highest BCUT2D eigenvalue weighted by Crippen LogP contribution is 2.34. The molecule has 3 aromatic heterocycles. The summed E-state index contributed by atoms with van der Waals surface area (Å²) in [6.45, 7) is 1.61. The number of alkyl halides is 3. The molecular formula is C21H13ClF4N6O. The van der Waals surface area contributed by atoms with Gasteiger partial charge in [0.1, 0.15) is 17.1 Å². The molecule has 0 bridgehead atoms. The van der Waals surface area contributed by atoms with E-state index < -0.39 is 29.3 Å². The molecule has 4 rings (SSSR count). The van der Waals surface area contributed by atoms with Gasteiger partial charge < -0.3 is 5.32 Å². The van der Waals surface area contributed by atoms with Crippen LogP contribution >= 0.6 is 11.6 Å². The number of anilines is 1. The first-order chi connectivity index (χ1) is 15.6. The van der Waals surface area contributed by atoms with Gasteiger partial charge in [-0.1, -0.05) is 11.6 Å². The minimum atomic E-state index is -4.76. The first kappa shape index (κ1) is 22.3. The van der Waals surface area contributed by atoms with E-state index >= 15 is 0 Å². The van der Waals surface area contributed by atoms with Gasteiger partial charge in [-0.15, -0.1) is 4.80 Å². The van der Waals surface area contributed by atoms with Crippen LogP contribution < -0.4 is 5.32 Å². The average molecular weight is 477 g/mol. The monoisotopic (exact) mass is 476 g/mol. The number of carbonyl (C=O) groups excluding carboxylic acids is 1. The average Bonchev–Trinajstić information content (AvgIpc) is 3.27. The Balaban J connectivity index is 1.62. The van der Waals surface area contributed by atoms with Crippen LogP contribution in [0.15, 0.2) is 55.1 Å². The molecule has 1 N–H and O–H groups in total. The third kappa shape index (κ3) is 4.67. The molecule has 1 amide bonds. The summed E-state index contributed by atoms with van der Waals surface area (Å²) in [5.41, 5.74) is 0.182. The second-order valence-corrected chi connectivity index (χ2v) is 7.29. The SMILES string of the molecule is Cc1cc(-c2ccc(F)cc2Cl)cnc1C(=O)Nc1cnc(-n2nccn2)c(C(F)(F)F)c1. The van der Waals surface area contributed by atoms with Crippen LogP contribution in [0.2, 0.25) is 5.02 Å². The molecule has 168 valence electrons. The summed E-state index contributed by atoms with van der Waals surface area (Å²) in [6, 6.07) is 6.23. The maximum absolute atomic E-state index is 13.5. The Morgan fingerprint density at radius 1 is 1.06 bits per heavy atom. The van der Waals surface area contributed by atoms with Crippen LogP contribution in [0.4, 0.5) is 23.2 Å². The molecule has 0 atom stereocenters. The predicted molar refractivity (Wildman–Crippen MR) is 111 cm³/mol. The van der Waals surface area contributed by atoms with Crippen LogP contribution in [-0.2, 0) is 6.18 Å². The zero-order valence-corrected chi connectivity index (χ0v) is 17.5. The number of hydrogen-bond acceptors (Lipinski definition) is 5. The van der Waals surface area contributed by atoms with Gasteiger partial charge in [0.15, 0.2) is 5.82 Å². The topological polar surface area (TPSA) is 85.6 Å². The lowest BCUT2D eigenvalue weighted by atomic mass is 10.0. The van der Waals surface area contributed by atoms with Gasteiger partial charge in [0.05, 0.1) is 29.3 Å². The Morgan fingerprint density at radius 2 is 1.79 bits per heavy atom. The predicted octanol–water partition coefficient (Wildman–Crippen LogP) is 5.10. The van der Waals surface area contributed by atoms with Crippen LogP contribution in [0, 0.1) is 12.7 Å². The van der Waals surface area contributed by atoms with Crippen molar-refractivity contribution in [1.82, 2.24) is 25.0 Å². The molecule has 12 heteroatoms. The van der Waals surface area contributed by atoms with Crippen molar-refractivity contribution in [2.75, 3.05) is 5.32 Å². The zero-order valence-electron chi connectivity index (χ0n) is 16.7. The summed E-state index contributed by atoms with van der Waals surface area (Å²) in [5, 5.41) is 9.88. The fourth-order valence-electron chi connectivity index (χ4n) is 3.09. The number of pyridine rings is 2.